The van der Waals surface area contributed by atoms with Crippen molar-refractivity contribution in [1.29, 1.82) is 0 Å². The van der Waals surface area contributed by atoms with Crippen LogP contribution in [0.2, 0.25) is 0 Å². The molecule has 0 heterocycles. The van der Waals surface area contributed by atoms with E-state index in [4.69, 9.17) is 14.2 Å². The Labute approximate surface area is 212 Å². The number of benzene rings is 3. The normalized spacial score (nSPS) is 11.9. The number of nitrogens with zero attached hydrogens (tertiary/aromatic N) is 1. The molecule has 192 valence electrons. The van der Waals surface area contributed by atoms with Gasteiger partial charge in [0.25, 0.3) is 10.0 Å². The first-order chi connectivity index (χ1) is 17.3. The van der Waals surface area contributed by atoms with Crippen LogP contribution in [0.25, 0.3) is 0 Å². The third-order valence-electron chi connectivity index (χ3n) is 5.61. The topological polar surface area (TPSA) is 94.2 Å². The quantitative estimate of drug-likeness (QED) is 0.382. The van der Waals surface area contributed by atoms with E-state index < -0.39 is 22.5 Å². The van der Waals surface area contributed by atoms with Crippen LogP contribution in [0.15, 0.2) is 77.7 Å². The number of hydrogen-bond acceptors (Lipinski definition) is 6. The summed E-state index contributed by atoms with van der Waals surface area (Å²) in [5.74, 6) is 1.30. The molecule has 8 nitrogen and oxygen atoms in total. The van der Waals surface area contributed by atoms with Crippen molar-refractivity contribution >= 4 is 21.6 Å². The lowest BCUT2D eigenvalue weighted by molar-refractivity contribution is -0.120. The maximum absolute atomic E-state index is 13.5. The average molecular weight is 513 g/mol. The maximum Gasteiger partial charge on any atom is 0.264 e. The highest BCUT2D eigenvalue weighted by Crippen LogP contribution is 2.31. The molecule has 3 aromatic rings. The second kappa shape index (κ2) is 12.3. The first-order valence-electron chi connectivity index (χ1n) is 11.7. The number of rotatable bonds is 12. The van der Waals surface area contributed by atoms with E-state index in [1.54, 1.807) is 68.8 Å². The van der Waals surface area contributed by atoms with Gasteiger partial charge in [0.2, 0.25) is 5.91 Å². The second-order valence-electron chi connectivity index (χ2n) is 7.89. The van der Waals surface area contributed by atoms with Gasteiger partial charge in [0.15, 0.2) is 11.5 Å². The van der Waals surface area contributed by atoms with Crippen LogP contribution in [0.4, 0.5) is 5.69 Å². The van der Waals surface area contributed by atoms with Crippen LogP contribution in [0.1, 0.15) is 31.9 Å². The molecule has 0 fully saturated rings. The molecule has 1 N–H and O–H groups in total. The van der Waals surface area contributed by atoms with Crippen molar-refractivity contribution in [3.63, 3.8) is 0 Å². The number of carbonyl (C=O) groups excluding carboxylic acids is 1. The minimum Gasteiger partial charge on any atom is -0.494 e. The average Bonchev–Trinajstić information content (AvgIpc) is 2.91. The molecule has 36 heavy (non-hydrogen) atoms. The SMILES string of the molecule is CCOc1ccc(N(CC(=O)NC(CC)c2ccc(OC)c(OC)c2)S(=O)(=O)c2ccccc2)cc1. The third kappa shape index (κ3) is 6.28. The highest BCUT2D eigenvalue weighted by atomic mass is 32.2. The van der Waals surface area contributed by atoms with E-state index in [1.165, 1.54) is 12.1 Å². The molecule has 3 aromatic carbocycles. The van der Waals surface area contributed by atoms with E-state index in [0.29, 0.717) is 36.0 Å². The number of amides is 1. The molecular formula is C27H32N2O6S. The van der Waals surface area contributed by atoms with Crippen molar-refractivity contribution in [2.24, 2.45) is 0 Å². The summed E-state index contributed by atoms with van der Waals surface area (Å²) >= 11 is 0. The van der Waals surface area contributed by atoms with Crippen molar-refractivity contribution in [2.45, 2.75) is 31.2 Å². The van der Waals surface area contributed by atoms with Gasteiger partial charge in [0.05, 0.1) is 37.5 Å². The summed E-state index contributed by atoms with van der Waals surface area (Å²) in [5, 5.41) is 2.96. The Hall–Kier alpha value is -3.72. The molecule has 0 saturated heterocycles. The number of carbonyl (C=O) groups is 1. The molecule has 0 aliphatic rings. The molecule has 9 heteroatoms. The lowest BCUT2D eigenvalue weighted by Gasteiger charge is -2.26. The zero-order valence-corrected chi connectivity index (χ0v) is 21.7. The Bertz CT molecular complexity index is 1250. The first kappa shape index (κ1) is 26.9. The van der Waals surface area contributed by atoms with E-state index in [1.807, 2.05) is 19.9 Å². The van der Waals surface area contributed by atoms with Gasteiger partial charge < -0.3 is 19.5 Å². The van der Waals surface area contributed by atoms with Gasteiger partial charge in [-0.3, -0.25) is 9.10 Å². The molecule has 3 rings (SSSR count). The first-order valence-corrected chi connectivity index (χ1v) is 13.1. The lowest BCUT2D eigenvalue weighted by atomic mass is 10.0. The van der Waals surface area contributed by atoms with Gasteiger partial charge in [0.1, 0.15) is 12.3 Å². The maximum atomic E-state index is 13.5. The molecular weight excluding hydrogens is 480 g/mol. The summed E-state index contributed by atoms with van der Waals surface area (Å²) in [6.45, 7) is 3.90. The number of anilines is 1. The van der Waals surface area contributed by atoms with Crippen LogP contribution >= 0.6 is 0 Å². The van der Waals surface area contributed by atoms with Gasteiger partial charge in [-0.05, 0) is 67.4 Å². The van der Waals surface area contributed by atoms with Crippen LogP contribution in [0, 0.1) is 0 Å². The molecule has 1 unspecified atom stereocenters. The minimum atomic E-state index is -4.01. The monoisotopic (exact) mass is 512 g/mol. The highest BCUT2D eigenvalue weighted by molar-refractivity contribution is 7.92. The van der Waals surface area contributed by atoms with Gasteiger partial charge in [0, 0.05) is 0 Å². The van der Waals surface area contributed by atoms with Gasteiger partial charge in [-0.25, -0.2) is 8.42 Å². The van der Waals surface area contributed by atoms with E-state index in [0.717, 1.165) is 9.87 Å². The highest BCUT2D eigenvalue weighted by Gasteiger charge is 2.28. The van der Waals surface area contributed by atoms with Crippen molar-refractivity contribution in [3.05, 3.63) is 78.4 Å². The molecule has 0 aliphatic heterocycles. The summed E-state index contributed by atoms with van der Waals surface area (Å²) in [6, 6.07) is 19.7. The smallest absolute Gasteiger partial charge is 0.264 e. The molecule has 0 saturated carbocycles. The van der Waals surface area contributed by atoms with Crippen LogP contribution in [-0.2, 0) is 14.8 Å². The zero-order valence-electron chi connectivity index (χ0n) is 20.9. The van der Waals surface area contributed by atoms with Crippen LogP contribution in [0.3, 0.4) is 0 Å². The molecule has 1 amide bonds. The van der Waals surface area contributed by atoms with Gasteiger partial charge >= 0.3 is 0 Å². The molecule has 1 atom stereocenters. The predicted molar refractivity (Wildman–Crippen MR) is 139 cm³/mol. The third-order valence-corrected chi connectivity index (χ3v) is 7.40. The number of sulfonamides is 1. The van der Waals surface area contributed by atoms with E-state index in [2.05, 4.69) is 5.32 Å². The second-order valence-corrected chi connectivity index (χ2v) is 9.76. The number of methoxy groups -OCH3 is 2. The Kier molecular flexibility index (Phi) is 9.19. The minimum absolute atomic E-state index is 0.0959. The van der Waals surface area contributed by atoms with E-state index >= 15 is 0 Å². The zero-order chi connectivity index (χ0) is 26.1. The predicted octanol–water partition coefficient (Wildman–Crippen LogP) is 4.57. The molecule has 0 aliphatic carbocycles. The Morgan fingerprint density at radius 1 is 0.917 bits per heavy atom. The van der Waals surface area contributed by atoms with Crippen LogP contribution < -0.4 is 23.8 Å². The summed E-state index contributed by atoms with van der Waals surface area (Å²) in [7, 11) is -0.905. The Balaban J connectivity index is 1.89. The fourth-order valence-corrected chi connectivity index (χ4v) is 5.21. The van der Waals surface area contributed by atoms with Crippen LogP contribution in [0.5, 0.6) is 17.2 Å². The Morgan fingerprint density at radius 2 is 1.58 bits per heavy atom. The summed E-state index contributed by atoms with van der Waals surface area (Å²) in [6.07, 6.45) is 0.593. The van der Waals surface area contributed by atoms with Crippen molar-refractivity contribution in [1.82, 2.24) is 5.32 Å². The van der Waals surface area contributed by atoms with Crippen LogP contribution in [-0.4, -0.2) is 41.7 Å². The van der Waals surface area contributed by atoms with Crippen molar-refractivity contribution in [3.8, 4) is 17.2 Å². The largest absolute Gasteiger partial charge is 0.494 e. The lowest BCUT2D eigenvalue weighted by Crippen LogP contribution is -2.42. The molecule has 0 aromatic heterocycles. The molecule has 0 bridgehead atoms. The Morgan fingerprint density at radius 3 is 2.17 bits per heavy atom. The fraction of sp³-hybridized carbons (Fsp3) is 0.296. The fourth-order valence-electron chi connectivity index (χ4n) is 3.77. The van der Waals surface area contributed by atoms with E-state index in [-0.39, 0.29) is 10.9 Å². The summed E-state index contributed by atoms with van der Waals surface area (Å²) in [4.78, 5) is 13.3. The summed E-state index contributed by atoms with van der Waals surface area (Å²) in [5.41, 5.74) is 1.18. The van der Waals surface area contributed by atoms with Gasteiger partial charge in [-0.2, -0.15) is 0 Å². The number of nitrogens with one attached hydrogen (secondary N) is 1. The van der Waals surface area contributed by atoms with Crippen molar-refractivity contribution < 1.29 is 27.4 Å². The molecule has 0 spiro atoms. The standard InChI is InChI=1S/C27H32N2O6S/c1-5-24(20-12-17-25(33-3)26(18-20)34-4)28-27(30)19-29(21-13-15-22(16-14-21)35-6-2)36(31,32)23-10-8-7-9-11-23/h7-18,24H,5-6,19H2,1-4H3,(H,28,30). The van der Waals surface area contributed by atoms with Gasteiger partial charge in [-0.15, -0.1) is 0 Å². The molecule has 0 radical (unpaired) electrons. The summed E-state index contributed by atoms with van der Waals surface area (Å²) < 4.78 is 44.3. The van der Waals surface area contributed by atoms with Crippen molar-refractivity contribution in [2.75, 3.05) is 31.7 Å². The van der Waals surface area contributed by atoms with E-state index in [9.17, 15) is 13.2 Å². The number of ether oxygens (including phenoxy) is 3. The number of hydrogen-bond donors (Lipinski definition) is 1. The van der Waals surface area contributed by atoms with Gasteiger partial charge in [-0.1, -0.05) is 31.2 Å².